The maximum atomic E-state index is 9.47. The minimum atomic E-state index is -0.404. The molecule has 0 bridgehead atoms. The summed E-state index contributed by atoms with van der Waals surface area (Å²) in [7, 11) is 0. The fraction of sp³-hybridized carbons (Fsp3) is 0.417. The molecule has 0 atom stereocenters. The van der Waals surface area contributed by atoms with Gasteiger partial charge in [0.25, 0.3) is 6.71 Å². The molecule has 1 aliphatic carbocycles. The molecular formula is C48H57BN2O. The first kappa shape index (κ1) is 29.3. The highest BCUT2D eigenvalue weighted by Crippen LogP contribution is 2.55. The molecule has 0 fully saturated rings. The maximum Gasteiger partial charge on any atom is 0.297 e. The minimum absolute atomic E-state index is 0.0167. The van der Waals surface area contributed by atoms with Gasteiger partial charge in [-0.3, -0.25) is 0 Å². The first-order valence-corrected chi connectivity index (χ1v) is 19.0. The highest BCUT2D eigenvalue weighted by Gasteiger charge is 2.52. The molecule has 0 amide bonds. The molecule has 0 saturated carbocycles. The third-order valence-corrected chi connectivity index (χ3v) is 12.0. The lowest BCUT2D eigenvalue weighted by Gasteiger charge is -2.45. The Balaban J connectivity index is 1.59. The van der Waals surface area contributed by atoms with E-state index in [1.54, 1.807) is 0 Å². The number of benzene rings is 4. The van der Waals surface area contributed by atoms with Crippen molar-refractivity contribution in [3.05, 3.63) is 113 Å². The van der Waals surface area contributed by atoms with E-state index >= 15 is 0 Å². The Morgan fingerprint density at radius 2 is 1.17 bits per heavy atom. The molecular weight excluding hydrogens is 631 g/mol. The number of hydrogen-bond acceptors (Lipinski definition) is 3. The molecule has 4 heteroatoms. The summed E-state index contributed by atoms with van der Waals surface area (Å²) in [6.45, 7) is 28.8. The second kappa shape index (κ2) is 11.2. The average molecular weight is 694 g/mol. The molecule has 3 nitrogen and oxygen atoms in total. The summed E-state index contributed by atoms with van der Waals surface area (Å²) in [5, 5.41) is 0. The normalized spacial score (nSPS) is 18.7. The Labute approximate surface area is 320 Å². The molecule has 3 heterocycles. The van der Waals surface area contributed by atoms with E-state index in [1.165, 1.54) is 11.1 Å². The van der Waals surface area contributed by atoms with Crippen LogP contribution < -0.4 is 26.4 Å². The second-order valence-corrected chi connectivity index (χ2v) is 19.9. The quantitative estimate of drug-likeness (QED) is 0.168. The van der Waals surface area contributed by atoms with E-state index in [4.69, 9.17) is 8.53 Å². The zero-order valence-corrected chi connectivity index (χ0v) is 33.5. The van der Waals surface area contributed by atoms with Gasteiger partial charge < -0.3 is 14.2 Å². The van der Waals surface area contributed by atoms with Gasteiger partial charge in [0.1, 0.15) is 5.76 Å². The summed E-state index contributed by atoms with van der Waals surface area (Å²) < 4.78 is 52.7. The second-order valence-electron chi connectivity index (χ2n) is 19.9. The van der Waals surface area contributed by atoms with Crippen LogP contribution in [-0.4, -0.2) is 6.71 Å². The summed E-state index contributed by atoms with van der Waals surface area (Å²) in [5.74, 6) is 0.917. The zero-order chi connectivity index (χ0) is 41.7. The van der Waals surface area contributed by atoms with Crippen LogP contribution in [0.15, 0.2) is 89.2 Å². The topological polar surface area (TPSA) is 19.6 Å². The predicted octanol–water partition coefficient (Wildman–Crippen LogP) is 11.6. The summed E-state index contributed by atoms with van der Waals surface area (Å²) in [4.78, 5) is 4.38. The SMILES string of the molecule is [2H]c1c([2H])c([2H])c(N2c3cc(C(C)(C)C)cc4c3B(c3cc(C(C)(C)C)ccc3N4c3ccc(C(C)(C)C)cc3)c3oc4c(c32)C(C)(C)CCC4(C)C)c([2H])c1[2H]. The number of rotatable bonds is 2. The predicted molar refractivity (Wildman–Crippen MR) is 224 cm³/mol. The standard InChI is InChI=1S/C48H57BN2O/c1-44(2,3)30-19-22-34(23-20-30)50-36-24-21-31(45(4,5)6)27-35(36)49-40-37(50)28-32(46(7,8)9)29-38(40)51(33-17-15-14-16-18-33)41-39-42(52-43(41)49)48(12,13)26-25-47(39,10)11/h14-24,27-29H,25-26H2,1-13H3/i14D,15D,16D,17D,18D. The van der Waals surface area contributed by atoms with Gasteiger partial charge in [0.2, 0.25) is 0 Å². The van der Waals surface area contributed by atoms with Gasteiger partial charge in [-0.25, -0.2) is 0 Å². The van der Waals surface area contributed by atoms with Crippen LogP contribution in [-0.2, 0) is 27.1 Å². The van der Waals surface area contributed by atoms with Crippen molar-refractivity contribution in [3.8, 4) is 0 Å². The van der Waals surface area contributed by atoms with Gasteiger partial charge in [0.05, 0.1) is 18.2 Å². The number of furan rings is 1. The van der Waals surface area contributed by atoms with Crippen LogP contribution in [0, 0.1) is 0 Å². The van der Waals surface area contributed by atoms with Crippen molar-refractivity contribution >= 4 is 57.4 Å². The number of hydrogen-bond donors (Lipinski definition) is 0. The molecule has 2 aliphatic heterocycles. The van der Waals surface area contributed by atoms with Crippen LogP contribution in [0.25, 0.3) is 0 Å². The van der Waals surface area contributed by atoms with Crippen molar-refractivity contribution in [2.75, 3.05) is 9.80 Å². The Bertz CT molecular complexity index is 2470. The van der Waals surface area contributed by atoms with E-state index in [0.717, 1.165) is 74.8 Å². The maximum absolute atomic E-state index is 9.47. The van der Waals surface area contributed by atoms with E-state index in [9.17, 15) is 2.74 Å². The van der Waals surface area contributed by atoms with Crippen LogP contribution in [0.4, 0.5) is 34.1 Å². The summed E-state index contributed by atoms with van der Waals surface area (Å²) >= 11 is 0. The number of nitrogens with zero attached hydrogens (tertiary/aromatic N) is 2. The minimum Gasteiger partial charge on any atom is -0.472 e. The van der Waals surface area contributed by atoms with Gasteiger partial charge in [0, 0.05) is 39.4 Å². The zero-order valence-electron chi connectivity index (χ0n) is 38.5. The first-order valence-electron chi connectivity index (χ1n) is 21.5. The van der Waals surface area contributed by atoms with Crippen molar-refractivity contribution in [1.82, 2.24) is 0 Å². The first-order chi connectivity index (χ1) is 26.3. The lowest BCUT2D eigenvalue weighted by atomic mass is 9.35. The van der Waals surface area contributed by atoms with Crippen molar-refractivity contribution < 1.29 is 11.3 Å². The Hall–Kier alpha value is -4.18. The lowest BCUT2D eigenvalue weighted by Crippen LogP contribution is -2.61. The fourth-order valence-electron chi connectivity index (χ4n) is 8.66. The van der Waals surface area contributed by atoms with Crippen LogP contribution >= 0.6 is 0 Å². The average Bonchev–Trinajstić information content (AvgIpc) is 3.54. The van der Waals surface area contributed by atoms with Crippen molar-refractivity contribution in [3.63, 3.8) is 0 Å². The van der Waals surface area contributed by atoms with Gasteiger partial charge in [-0.15, -0.1) is 0 Å². The van der Waals surface area contributed by atoms with Gasteiger partial charge in [-0.2, -0.15) is 0 Å². The van der Waals surface area contributed by atoms with E-state index in [2.05, 4.69) is 150 Å². The molecule has 5 aromatic rings. The summed E-state index contributed by atoms with van der Waals surface area (Å²) in [5.41, 5.74) is 11.3. The summed E-state index contributed by atoms with van der Waals surface area (Å²) in [6, 6.07) is 18.7. The Kier molecular flexibility index (Phi) is 6.29. The van der Waals surface area contributed by atoms with E-state index in [-0.39, 0.29) is 63.6 Å². The number of para-hydroxylation sites is 1. The largest absolute Gasteiger partial charge is 0.472 e. The molecule has 3 aliphatic rings. The van der Waals surface area contributed by atoms with Crippen molar-refractivity contribution in [2.24, 2.45) is 0 Å². The molecule has 4 aromatic carbocycles. The highest BCUT2D eigenvalue weighted by molar-refractivity contribution is 6.99. The van der Waals surface area contributed by atoms with Crippen LogP contribution in [0.2, 0.25) is 0 Å². The fourth-order valence-corrected chi connectivity index (χ4v) is 8.66. The molecule has 0 N–H and O–H groups in total. The summed E-state index contributed by atoms with van der Waals surface area (Å²) in [6.07, 6.45) is 1.86. The van der Waals surface area contributed by atoms with Gasteiger partial charge in [0.15, 0.2) is 0 Å². The van der Waals surface area contributed by atoms with Gasteiger partial charge >= 0.3 is 0 Å². The van der Waals surface area contributed by atoms with Crippen LogP contribution in [0.3, 0.4) is 0 Å². The molecule has 0 saturated heterocycles. The van der Waals surface area contributed by atoms with E-state index in [0.29, 0.717) is 0 Å². The molecule has 0 spiro atoms. The molecule has 0 radical (unpaired) electrons. The van der Waals surface area contributed by atoms with E-state index in [1.807, 2.05) is 4.90 Å². The Morgan fingerprint density at radius 1 is 0.615 bits per heavy atom. The van der Waals surface area contributed by atoms with Crippen molar-refractivity contribution in [1.29, 1.82) is 0 Å². The molecule has 0 unspecified atom stereocenters. The molecule has 268 valence electrons. The monoisotopic (exact) mass is 693 g/mol. The van der Waals surface area contributed by atoms with Crippen LogP contribution in [0.5, 0.6) is 0 Å². The molecule has 8 rings (SSSR count). The number of fused-ring (bicyclic) bond motifs is 6. The van der Waals surface area contributed by atoms with Crippen molar-refractivity contribution in [2.45, 2.75) is 130 Å². The third kappa shape index (κ3) is 5.30. The molecule has 52 heavy (non-hydrogen) atoms. The van der Waals surface area contributed by atoms with Crippen LogP contribution in [0.1, 0.15) is 138 Å². The van der Waals surface area contributed by atoms with Gasteiger partial charge in [-0.1, -0.05) is 132 Å². The lowest BCUT2D eigenvalue weighted by molar-refractivity contribution is 0.282. The highest BCUT2D eigenvalue weighted by atomic mass is 16.3. The van der Waals surface area contributed by atoms with E-state index < -0.39 is 6.04 Å². The smallest absolute Gasteiger partial charge is 0.297 e. The van der Waals surface area contributed by atoms with Gasteiger partial charge in [-0.05, 0) is 105 Å². The number of anilines is 6. The molecule has 1 aromatic heterocycles. The third-order valence-electron chi connectivity index (χ3n) is 12.0. The Morgan fingerprint density at radius 3 is 1.77 bits per heavy atom.